The van der Waals surface area contributed by atoms with Crippen LogP contribution in [-0.4, -0.2) is 46.9 Å². The molecule has 0 saturated carbocycles. The number of ketones is 1. The van der Waals surface area contributed by atoms with E-state index in [1.54, 1.807) is 41.8 Å². The van der Waals surface area contributed by atoms with Gasteiger partial charge in [-0.15, -0.1) is 11.3 Å². The summed E-state index contributed by atoms with van der Waals surface area (Å²) in [5, 5.41) is 12.8. The number of likely N-dealkylation sites (tertiary alicyclic amines) is 1. The first kappa shape index (κ1) is 25.0. The number of nitrogens with zero attached hydrogens (tertiary/aromatic N) is 1. The Hall–Kier alpha value is -3.07. The fraction of sp³-hybridized carbons (Fsp3) is 0.269. The van der Waals surface area contributed by atoms with Crippen LogP contribution in [0.15, 0.2) is 66.0 Å². The van der Waals surface area contributed by atoms with Crippen LogP contribution in [0.2, 0.25) is 5.02 Å². The second-order valence-electron chi connectivity index (χ2n) is 8.54. The average Bonchev–Trinajstić information content (AvgIpc) is 3.46. The molecule has 4 rings (SSSR count). The summed E-state index contributed by atoms with van der Waals surface area (Å²) >= 11 is 7.33. The highest BCUT2D eigenvalue weighted by Crippen LogP contribution is 2.56. The fourth-order valence-corrected chi connectivity index (χ4v) is 5.91. The third kappa shape index (κ3) is 4.37. The van der Waals surface area contributed by atoms with Gasteiger partial charge in [-0.25, -0.2) is 9.18 Å². The van der Waals surface area contributed by atoms with E-state index >= 15 is 0 Å². The molecule has 3 aromatic rings. The summed E-state index contributed by atoms with van der Waals surface area (Å²) in [5.74, 6) is -4.54. The number of halogens is 2. The van der Waals surface area contributed by atoms with E-state index in [4.69, 9.17) is 16.3 Å². The number of rotatable bonds is 7. The van der Waals surface area contributed by atoms with E-state index in [2.05, 4.69) is 0 Å². The maximum atomic E-state index is 14.0. The lowest BCUT2D eigenvalue weighted by Gasteiger charge is -2.37. The van der Waals surface area contributed by atoms with Gasteiger partial charge >= 0.3 is 5.97 Å². The molecule has 1 saturated heterocycles. The molecule has 1 aliphatic rings. The van der Waals surface area contributed by atoms with Crippen LogP contribution in [0.25, 0.3) is 0 Å². The average molecular weight is 516 g/mol. The monoisotopic (exact) mass is 515 g/mol. The summed E-state index contributed by atoms with van der Waals surface area (Å²) in [6.45, 7) is 1.06. The predicted octanol–water partition coefficient (Wildman–Crippen LogP) is 5.20. The van der Waals surface area contributed by atoms with Crippen molar-refractivity contribution < 1.29 is 28.6 Å². The van der Waals surface area contributed by atoms with Gasteiger partial charge in [0.25, 0.3) is 0 Å². The van der Waals surface area contributed by atoms with Gasteiger partial charge in [-0.3, -0.25) is 9.59 Å². The zero-order valence-electron chi connectivity index (χ0n) is 19.0. The zero-order valence-corrected chi connectivity index (χ0v) is 20.6. The molecule has 9 heteroatoms. The lowest BCUT2D eigenvalue weighted by Crippen LogP contribution is -2.55. The Labute approximate surface area is 210 Å². The number of hydrogen-bond donors (Lipinski definition) is 1. The molecular formula is C26H23ClFNO5S. The third-order valence-corrected chi connectivity index (χ3v) is 7.70. The molecule has 4 unspecified atom stereocenters. The highest BCUT2D eigenvalue weighted by molar-refractivity contribution is 7.12. The Morgan fingerprint density at radius 1 is 1.09 bits per heavy atom. The predicted molar refractivity (Wildman–Crippen MR) is 130 cm³/mol. The SMILES string of the molecule is COCC(=O)N1C(c2ccc(F)cc2)C(C(=O)c2cccs2)C(c2ccc(Cl)cc2)C1(C)C(=O)O. The molecule has 1 N–H and O–H groups in total. The quantitative estimate of drug-likeness (QED) is 0.437. The molecule has 0 bridgehead atoms. The molecule has 1 fully saturated rings. The minimum atomic E-state index is -1.82. The molecule has 0 aliphatic carbocycles. The number of Topliss-reactive ketones (excluding diaryl/α,β-unsaturated/α-hetero) is 1. The smallest absolute Gasteiger partial charge is 0.330 e. The molecule has 182 valence electrons. The third-order valence-electron chi connectivity index (χ3n) is 6.56. The number of amides is 1. The summed E-state index contributed by atoms with van der Waals surface area (Å²) in [4.78, 5) is 42.0. The highest BCUT2D eigenvalue weighted by atomic mass is 35.5. The van der Waals surface area contributed by atoms with E-state index in [1.165, 1.54) is 54.5 Å². The van der Waals surface area contributed by atoms with Crippen molar-refractivity contribution in [3.05, 3.63) is 92.9 Å². The van der Waals surface area contributed by atoms with Gasteiger partial charge in [0.05, 0.1) is 16.8 Å². The standard InChI is InChI=1S/C26H23ClFNO5S/c1-26(25(32)33)22(15-5-9-17(27)10-6-15)21(24(31)19-4-3-13-35-19)23(29(26)20(30)14-34-2)16-7-11-18(28)12-8-16/h3-13,21-23H,14H2,1-2H3,(H,32,33). The van der Waals surface area contributed by atoms with E-state index in [1.807, 2.05) is 0 Å². The van der Waals surface area contributed by atoms with Crippen molar-refractivity contribution in [2.75, 3.05) is 13.7 Å². The minimum Gasteiger partial charge on any atom is -0.479 e. The van der Waals surface area contributed by atoms with Crippen LogP contribution in [0.3, 0.4) is 0 Å². The van der Waals surface area contributed by atoms with Crippen LogP contribution in [0.5, 0.6) is 0 Å². The second kappa shape index (κ2) is 9.89. The maximum absolute atomic E-state index is 14.0. The van der Waals surface area contributed by atoms with Crippen molar-refractivity contribution in [3.63, 3.8) is 0 Å². The van der Waals surface area contributed by atoms with Crippen molar-refractivity contribution in [2.24, 2.45) is 5.92 Å². The van der Waals surface area contributed by atoms with Crippen LogP contribution in [0.1, 0.15) is 39.7 Å². The van der Waals surface area contributed by atoms with Crippen molar-refractivity contribution in [2.45, 2.75) is 24.4 Å². The van der Waals surface area contributed by atoms with Crippen molar-refractivity contribution in [1.29, 1.82) is 0 Å². The van der Waals surface area contributed by atoms with Gasteiger partial charge in [-0.2, -0.15) is 0 Å². The van der Waals surface area contributed by atoms with Crippen LogP contribution in [-0.2, 0) is 14.3 Å². The van der Waals surface area contributed by atoms with Crippen molar-refractivity contribution >= 4 is 40.6 Å². The lowest BCUT2D eigenvalue weighted by atomic mass is 9.72. The molecule has 0 radical (unpaired) electrons. The molecular weight excluding hydrogens is 493 g/mol. The van der Waals surface area contributed by atoms with E-state index < -0.39 is 41.1 Å². The van der Waals surface area contributed by atoms with Gasteiger partial charge in [0, 0.05) is 18.1 Å². The van der Waals surface area contributed by atoms with Gasteiger partial charge in [-0.1, -0.05) is 41.9 Å². The number of carbonyl (C=O) groups is 3. The first-order valence-corrected chi connectivity index (χ1v) is 12.1. The van der Waals surface area contributed by atoms with Crippen LogP contribution < -0.4 is 0 Å². The Morgan fingerprint density at radius 3 is 2.26 bits per heavy atom. The maximum Gasteiger partial charge on any atom is 0.330 e. The van der Waals surface area contributed by atoms with Gasteiger partial charge in [0.15, 0.2) is 5.78 Å². The normalized spacial score (nSPS) is 23.9. The first-order valence-electron chi connectivity index (χ1n) is 10.8. The minimum absolute atomic E-state index is 0.297. The van der Waals surface area contributed by atoms with Gasteiger partial charge in [0.2, 0.25) is 5.91 Å². The van der Waals surface area contributed by atoms with E-state index in [0.29, 0.717) is 21.0 Å². The second-order valence-corrected chi connectivity index (χ2v) is 9.93. The number of methoxy groups -OCH3 is 1. The number of hydrogen-bond acceptors (Lipinski definition) is 5. The van der Waals surface area contributed by atoms with E-state index in [9.17, 15) is 23.9 Å². The van der Waals surface area contributed by atoms with Crippen molar-refractivity contribution in [1.82, 2.24) is 4.90 Å². The number of aliphatic carboxylic acids is 1. The molecule has 1 aromatic heterocycles. The molecule has 2 aromatic carbocycles. The summed E-state index contributed by atoms with van der Waals surface area (Å²) < 4.78 is 18.9. The van der Waals surface area contributed by atoms with E-state index in [-0.39, 0.29) is 12.4 Å². The van der Waals surface area contributed by atoms with Gasteiger partial charge in [0.1, 0.15) is 18.0 Å². The fourth-order valence-electron chi connectivity index (χ4n) is 5.07. The number of carboxylic acids is 1. The van der Waals surface area contributed by atoms with Gasteiger partial charge in [-0.05, 0) is 53.8 Å². The molecule has 2 heterocycles. The Kier molecular flexibility index (Phi) is 7.07. The number of ether oxygens (including phenoxy) is 1. The Bertz CT molecular complexity index is 1230. The molecule has 4 atom stereocenters. The van der Waals surface area contributed by atoms with E-state index in [0.717, 1.165) is 0 Å². The molecule has 0 spiro atoms. The topological polar surface area (TPSA) is 83.9 Å². The summed E-state index contributed by atoms with van der Waals surface area (Å²) in [5.41, 5.74) is -0.816. The lowest BCUT2D eigenvalue weighted by molar-refractivity contribution is -0.159. The van der Waals surface area contributed by atoms with Crippen LogP contribution in [0.4, 0.5) is 4.39 Å². The summed E-state index contributed by atoms with van der Waals surface area (Å²) in [7, 11) is 1.34. The molecule has 6 nitrogen and oxygen atoms in total. The van der Waals surface area contributed by atoms with Crippen LogP contribution >= 0.6 is 22.9 Å². The molecule has 35 heavy (non-hydrogen) atoms. The Balaban J connectivity index is 2.03. The van der Waals surface area contributed by atoms with Crippen molar-refractivity contribution in [3.8, 4) is 0 Å². The number of carboxylic acid groups (broad SMARTS) is 1. The molecule has 1 amide bonds. The number of benzene rings is 2. The van der Waals surface area contributed by atoms with Gasteiger partial charge < -0.3 is 14.7 Å². The number of carbonyl (C=O) groups excluding carboxylic acids is 2. The number of thiophene rings is 1. The largest absolute Gasteiger partial charge is 0.479 e. The van der Waals surface area contributed by atoms with Crippen LogP contribution in [0, 0.1) is 11.7 Å². The Morgan fingerprint density at radius 2 is 1.71 bits per heavy atom. The first-order chi connectivity index (χ1) is 16.7. The highest BCUT2D eigenvalue weighted by Gasteiger charge is 2.64. The summed E-state index contributed by atoms with van der Waals surface area (Å²) in [6.07, 6.45) is 0. The zero-order chi connectivity index (χ0) is 25.3. The molecule has 1 aliphatic heterocycles. The summed E-state index contributed by atoms with van der Waals surface area (Å²) in [6, 6.07) is 14.5.